The van der Waals surface area contributed by atoms with Crippen LogP contribution in [0.3, 0.4) is 0 Å². The van der Waals surface area contributed by atoms with Gasteiger partial charge in [-0.2, -0.15) is 0 Å². The van der Waals surface area contributed by atoms with Crippen LogP contribution in [0.2, 0.25) is 0 Å². The average molecular weight is 485 g/mol. The molecule has 0 unspecified atom stereocenters. The molecule has 4 aromatic rings. The summed E-state index contributed by atoms with van der Waals surface area (Å²) >= 11 is 0. The zero-order valence-corrected chi connectivity index (χ0v) is 20.6. The quantitative estimate of drug-likeness (QED) is 0.418. The molecule has 0 bridgehead atoms. The fourth-order valence-corrected chi connectivity index (χ4v) is 3.98. The number of anilines is 4. The maximum absolute atomic E-state index is 12.9. The Morgan fingerprint density at radius 3 is 2.64 bits per heavy atom. The molecule has 1 fully saturated rings. The predicted molar refractivity (Wildman–Crippen MR) is 141 cm³/mol. The van der Waals surface area contributed by atoms with Crippen molar-refractivity contribution in [3.05, 3.63) is 66.2 Å². The Morgan fingerprint density at radius 1 is 1.08 bits per heavy atom. The lowest BCUT2D eigenvalue weighted by Crippen LogP contribution is -2.44. The lowest BCUT2D eigenvalue weighted by atomic mass is 10.1. The molecule has 2 N–H and O–H groups in total. The third kappa shape index (κ3) is 4.89. The smallest absolute Gasteiger partial charge is 0.256 e. The summed E-state index contributed by atoms with van der Waals surface area (Å²) in [5, 5.41) is 10.0. The summed E-state index contributed by atoms with van der Waals surface area (Å²) in [6.45, 7) is 11.4. The second-order valence-corrected chi connectivity index (χ2v) is 9.02. The number of pyridine rings is 1. The first-order chi connectivity index (χ1) is 17.4. The van der Waals surface area contributed by atoms with E-state index in [1.165, 1.54) is 6.33 Å². The maximum atomic E-state index is 12.9. The molecule has 1 amide bonds. The number of amides is 1. The van der Waals surface area contributed by atoms with Gasteiger partial charge in [-0.15, -0.1) is 0 Å². The largest absolute Gasteiger partial charge is 0.354 e. The van der Waals surface area contributed by atoms with Crippen molar-refractivity contribution >= 4 is 45.7 Å². The first-order valence-corrected chi connectivity index (χ1v) is 11.7. The SMILES string of the molecule is C=C(C)c1cc(NC(=O)c2ccc(C)c(Nc3ncnc4ccc(N5CCN(C)CC5)nc34)c2)no1. The van der Waals surface area contributed by atoms with Crippen molar-refractivity contribution in [3.8, 4) is 0 Å². The molecule has 10 heteroatoms. The number of aromatic nitrogens is 4. The zero-order chi connectivity index (χ0) is 25.2. The van der Waals surface area contributed by atoms with Crippen molar-refractivity contribution in [3.63, 3.8) is 0 Å². The Hall–Kier alpha value is -4.31. The van der Waals surface area contributed by atoms with Crippen LogP contribution in [0.4, 0.5) is 23.1 Å². The Bertz CT molecular complexity index is 1440. The molecule has 0 atom stereocenters. The van der Waals surface area contributed by atoms with E-state index >= 15 is 0 Å². The predicted octanol–water partition coefficient (Wildman–Crippen LogP) is 4.10. The molecule has 1 aliphatic heterocycles. The van der Waals surface area contributed by atoms with Crippen molar-refractivity contribution in [2.24, 2.45) is 0 Å². The minimum atomic E-state index is -0.303. The molecule has 0 saturated carbocycles. The Kier molecular flexibility index (Phi) is 6.34. The topological polar surface area (TPSA) is 112 Å². The van der Waals surface area contributed by atoms with Gasteiger partial charge in [0.2, 0.25) is 0 Å². The second kappa shape index (κ2) is 9.74. The summed E-state index contributed by atoms with van der Waals surface area (Å²) in [6, 6.07) is 11.0. The fourth-order valence-electron chi connectivity index (χ4n) is 3.98. The van der Waals surface area contributed by atoms with Crippen LogP contribution in [0.25, 0.3) is 16.6 Å². The van der Waals surface area contributed by atoms with Crippen molar-refractivity contribution in [1.82, 2.24) is 25.0 Å². The van der Waals surface area contributed by atoms with Gasteiger partial charge in [0.05, 0.1) is 5.52 Å². The van der Waals surface area contributed by atoms with E-state index in [1.807, 2.05) is 32.0 Å². The highest BCUT2D eigenvalue weighted by atomic mass is 16.5. The van der Waals surface area contributed by atoms with Gasteiger partial charge < -0.3 is 25.0 Å². The molecule has 0 aliphatic carbocycles. The number of carbonyl (C=O) groups excluding carboxylic acids is 1. The van der Waals surface area contributed by atoms with Gasteiger partial charge in [0.1, 0.15) is 17.7 Å². The number of hydrogen-bond acceptors (Lipinski definition) is 9. The van der Waals surface area contributed by atoms with E-state index in [-0.39, 0.29) is 5.91 Å². The normalized spacial score (nSPS) is 14.1. The molecule has 0 spiro atoms. The van der Waals surface area contributed by atoms with E-state index in [4.69, 9.17) is 9.51 Å². The van der Waals surface area contributed by atoms with Gasteiger partial charge in [-0.3, -0.25) is 4.79 Å². The number of rotatable bonds is 6. The molecule has 5 rings (SSSR count). The minimum Gasteiger partial charge on any atom is -0.354 e. The first-order valence-electron chi connectivity index (χ1n) is 11.7. The number of hydrogen-bond donors (Lipinski definition) is 2. The van der Waals surface area contributed by atoms with Gasteiger partial charge in [-0.05, 0) is 56.3 Å². The first kappa shape index (κ1) is 23.4. The monoisotopic (exact) mass is 484 g/mol. The van der Waals surface area contributed by atoms with Crippen molar-refractivity contribution < 1.29 is 9.32 Å². The molecule has 1 aliphatic rings. The molecular weight excluding hydrogens is 456 g/mol. The lowest BCUT2D eigenvalue weighted by molar-refractivity contribution is 0.102. The number of carbonyl (C=O) groups is 1. The Labute approximate surface area is 209 Å². The van der Waals surface area contributed by atoms with Crippen molar-refractivity contribution in [2.45, 2.75) is 13.8 Å². The summed E-state index contributed by atoms with van der Waals surface area (Å²) in [5.74, 6) is 2.04. The number of aryl methyl sites for hydroxylation is 1. The number of piperazine rings is 1. The summed E-state index contributed by atoms with van der Waals surface area (Å²) in [6.07, 6.45) is 1.51. The molecule has 184 valence electrons. The van der Waals surface area contributed by atoms with E-state index < -0.39 is 0 Å². The van der Waals surface area contributed by atoms with E-state index in [0.29, 0.717) is 28.5 Å². The molecular formula is C26H28N8O2. The van der Waals surface area contributed by atoms with E-state index in [0.717, 1.165) is 54.3 Å². The fraction of sp³-hybridized carbons (Fsp3) is 0.269. The van der Waals surface area contributed by atoms with Crippen LogP contribution in [0.15, 0.2) is 53.8 Å². The van der Waals surface area contributed by atoms with Crippen LogP contribution in [-0.2, 0) is 0 Å². The summed E-state index contributed by atoms with van der Waals surface area (Å²) < 4.78 is 5.18. The number of benzene rings is 1. The van der Waals surface area contributed by atoms with Gasteiger partial charge in [0.25, 0.3) is 5.91 Å². The Morgan fingerprint density at radius 2 is 1.89 bits per heavy atom. The standard InChI is InChI=1S/C26H28N8O2/c1-16(2)21-14-22(32-36-21)30-26(35)18-6-5-17(3)20(13-18)29-25-24-19(27-15-28-25)7-8-23(31-24)34-11-9-33(4)10-12-34/h5-8,13-15H,1,9-12H2,2-4H3,(H,27,28,29)(H,30,32,35). The van der Waals surface area contributed by atoms with Gasteiger partial charge in [-0.25, -0.2) is 15.0 Å². The maximum Gasteiger partial charge on any atom is 0.256 e. The average Bonchev–Trinajstić information content (AvgIpc) is 3.34. The highest BCUT2D eigenvalue weighted by Crippen LogP contribution is 2.27. The highest BCUT2D eigenvalue weighted by Gasteiger charge is 2.18. The number of allylic oxidation sites excluding steroid dienone is 1. The third-order valence-corrected chi connectivity index (χ3v) is 6.22. The van der Waals surface area contributed by atoms with Gasteiger partial charge in [0.15, 0.2) is 17.4 Å². The van der Waals surface area contributed by atoms with Gasteiger partial charge >= 0.3 is 0 Å². The van der Waals surface area contributed by atoms with Crippen LogP contribution in [-0.4, -0.2) is 64.1 Å². The number of nitrogens with one attached hydrogen (secondary N) is 2. The molecule has 36 heavy (non-hydrogen) atoms. The summed E-state index contributed by atoms with van der Waals surface area (Å²) in [4.78, 5) is 31.2. The molecule has 1 saturated heterocycles. The van der Waals surface area contributed by atoms with E-state index in [2.05, 4.69) is 49.2 Å². The molecule has 4 heterocycles. The highest BCUT2D eigenvalue weighted by molar-refractivity contribution is 6.04. The van der Waals surface area contributed by atoms with E-state index in [1.54, 1.807) is 18.2 Å². The van der Waals surface area contributed by atoms with Gasteiger partial charge in [0, 0.05) is 43.5 Å². The third-order valence-electron chi connectivity index (χ3n) is 6.22. The summed E-state index contributed by atoms with van der Waals surface area (Å²) in [5.41, 5.74) is 4.32. The molecule has 3 aromatic heterocycles. The summed E-state index contributed by atoms with van der Waals surface area (Å²) in [7, 11) is 2.13. The molecule has 1 aromatic carbocycles. The van der Waals surface area contributed by atoms with Crippen LogP contribution in [0.1, 0.15) is 28.6 Å². The minimum absolute atomic E-state index is 0.303. The number of fused-ring (bicyclic) bond motifs is 1. The van der Waals surface area contributed by atoms with Crippen LogP contribution in [0.5, 0.6) is 0 Å². The number of likely N-dealkylation sites (N-methyl/N-ethyl adjacent to an activating group) is 1. The second-order valence-electron chi connectivity index (χ2n) is 9.02. The van der Waals surface area contributed by atoms with E-state index in [9.17, 15) is 4.79 Å². The zero-order valence-electron chi connectivity index (χ0n) is 20.6. The lowest BCUT2D eigenvalue weighted by Gasteiger charge is -2.33. The number of nitrogens with zero attached hydrogens (tertiary/aromatic N) is 6. The van der Waals surface area contributed by atoms with Crippen LogP contribution >= 0.6 is 0 Å². The Balaban J connectivity index is 1.40. The van der Waals surface area contributed by atoms with Crippen LogP contribution in [0, 0.1) is 6.92 Å². The van der Waals surface area contributed by atoms with Crippen LogP contribution < -0.4 is 15.5 Å². The molecule has 0 radical (unpaired) electrons. The van der Waals surface area contributed by atoms with Gasteiger partial charge in [-0.1, -0.05) is 17.8 Å². The van der Waals surface area contributed by atoms with Crippen molar-refractivity contribution in [1.29, 1.82) is 0 Å². The molecule has 10 nitrogen and oxygen atoms in total. The van der Waals surface area contributed by atoms with Crippen molar-refractivity contribution in [2.75, 3.05) is 48.8 Å².